The summed E-state index contributed by atoms with van der Waals surface area (Å²) in [6, 6.07) is 0. The van der Waals surface area contributed by atoms with E-state index in [9.17, 15) is 14.4 Å². The lowest BCUT2D eigenvalue weighted by atomic mass is 9.96. The van der Waals surface area contributed by atoms with Crippen LogP contribution in [0.15, 0.2) is 24.3 Å². The molecule has 0 spiro atoms. The summed E-state index contributed by atoms with van der Waals surface area (Å²) in [5, 5.41) is 0. The zero-order chi connectivity index (χ0) is 8.27. The number of rotatable bonds is 2. The molecule has 1 atom stereocenters. The van der Waals surface area contributed by atoms with Crippen LogP contribution in [0, 0.1) is 5.92 Å². The minimum absolute atomic E-state index is 0.173. The molecule has 1 aliphatic rings. The highest BCUT2D eigenvalue weighted by atomic mass is 16.2. The molecule has 0 heterocycles. The highest BCUT2D eigenvalue weighted by Gasteiger charge is 2.21. The second kappa shape index (κ2) is 3.05. The lowest BCUT2D eigenvalue weighted by Gasteiger charge is -2.04. The molecule has 0 aromatic carbocycles. The average Bonchev–Trinajstić information content (AvgIpc) is 2.04. The van der Waals surface area contributed by atoms with Crippen molar-refractivity contribution in [3.8, 4) is 0 Å². The second-order valence-corrected chi connectivity index (χ2v) is 2.14. The predicted molar refractivity (Wildman–Crippen MR) is 37.8 cm³/mol. The van der Waals surface area contributed by atoms with Crippen LogP contribution in [0.4, 0.5) is 0 Å². The minimum Gasteiger partial charge on any atom is -0.295 e. The standard InChI is InChI=1S/C8H6O3/c9-5-8(11)6-3-1-2-4-7(6)10/h1-6H. The van der Waals surface area contributed by atoms with E-state index in [4.69, 9.17) is 0 Å². The molecule has 0 aromatic heterocycles. The van der Waals surface area contributed by atoms with Gasteiger partial charge < -0.3 is 0 Å². The van der Waals surface area contributed by atoms with Gasteiger partial charge in [0.25, 0.3) is 0 Å². The first kappa shape index (κ1) is 7.60. The molecule has 0 saturated carbocycles. The van der Waals surface area contributed by atoms with Crippen molar-refractivity contribution in [1.82, 2.24) is 0 Å². The minimum atomic E-state index is -0.877. The maximum absolute atomic E-state index is 10.9. The van der Waals surface area contributed by atoms with Crippen LogP contribution in [0.3, 0.4) is 0 Å². The molecular weight excluding hydrogens is 144 g/mol. The SMILES string of the molecule is O=CC(=O)C1C=CC=CC1=O. The summed E-state index contributed by atoms with van der Waals surface area (Å²) in [4.78, 5) is 31.6. The molecule has 0 aromatic rings. The van der Waals surface area contributed by atoms with Gasteiger partial charge in [0.2, 0.25) is 5.78 Å². The molecule has 56 valence electrons. The molecule has 11 heavy (non-hydrogen) atoms. The molecular formula is C8H6O3. The Morgan fingerprint density at radius 3 is 2.73 bits per heavy atom. The number of carbonyl (C=O) groups is 3. The van der Waals surface area contributed by atoms with Crippen molar-refractivity contribution in [3.63, 3.8) is 0 Å². The van der Waals surface area contributed by atoms with Crippen LogP contribution in [0.1, 0.15) is 0 Å². The van der Waals surface area contributed by atoms with Gasteiger partial charge in [0.05, 0.1) is 0 Å². The van der Waals surface area contributed by atoms with Crippen LogP contribution in [0.25, 0.3) is 0 Å². The van der Waals surface area contributed by atoms with Crippen LogP contribution in [0.5, 0.6) is 0 Å². The van der Waals surface area contributed by atoms with Crippen LogP contribution in [0.2, 0.25) is 0 Å². The number of allylic oxidation sites excluding steroid dienone is 4. The van der Waals surface area contributed by atoms with E-state index < -0.39 is 11.7 Å². The van der Waals surface area contributed by atoms with Crippen LogP contribution in [-0.4, -0.2) is 17.9 Å². The fourth-order valence-corrected chi connectivity index (χ4v) is 0.833. The van der Waals surface area contributed by atoms with Gasteiger partial charge in [-0.3, -0.25) is 14.4 Å². The summed E-state index contributed by atoms with van der Waals surface area (Å²) in [6.07, 6.45) is 5.99. The van der Waals surface area contributed by atoms with Crippen LogP contribution in [-0.2, 0) is 14.4 Å². The monoisotopic (exact) mass is 150 g/mol. The Balaban J connectivity index is 2.81. The average molecular weight is 150 g/mol. The van der Waals surface area contributed by atoms with Gasteiger partial charge in [-0.2, -0.15) is 0 Å². The first-order valence-corrected chi connectivity index (χ1v) is 3.13. The third-order valence-corrected chi connectivity index (χ3v) is 1.40. The highest BCUT2D eigenvalue weighted by molar-refractivity contribution is 6.33. The van der Waals surface area contributed by atoms with Gasteiger partial charge in [0, 0.05) is 0 Å². The van der Waals surface area contributed by atoms with Crippen molar-refractivity contribution < 1.29 is 14.4 Å². The molecule has 1 rings (SSSR count). The molecule has 0 bridgehead atoms. The van der Waals surface area contributed by atoms with Crippen molar-refractivity contribution in [2.45, 2.75) is 0 Å². The molecule has 1 aliphatic carbocycles. The van der Waals surface area contributed by atoms with E-state index in [2.05, 4.69) is 0 Å². The molecule has 0 aliphatic heterocycles. The Morgan fingerprint density at radius 2 is 2.18 bits per heavy atom. The fourth-order valence-electron chi connectivity index (χ4n) is 0.833. The van der Waals surface area contributed by atoms with Gasteiger partial charge in [0.15, 0.2) is 12.1 Å². The Morgan fingerprint density at radius 1 is 1.45 bits per heavy atom. The zero-order valence-corrected chi connectivity index (χ0v) is 5.69. The van der Waals surface area contributed by atoms with Crippen LogP contribution < -0.4 is 0 Å². The van der Waals surface area contributed by atoms with Gasteiger partial charge >= 0.3 is 0 Å². The highest BCUT2D eigenvalue weighted by Crippen LogP contribution is 2.07. The molecule has 0 N–H and O–H groups in total. The Hall–Kier alpha value is -1.51. The lowest BCUT2D eigenvalue weighted by Crippen LogP contribution is -2.22. The van der Waals surface area contributed by atoms with Crippen molar-refractivity contribution in [3.05, 3.63) is 24.3 Å². The lowest BCUT2D eigenvalue weighted by molar-refractivity contribution is -0.135. The third-order valence-electron chi connectivity index (χ3n) is 1.40. The van der Waals surface area contributed by atoms with E-state index >= 15 is 0 Å². The maximum Gasteiger partial charge on any atom is 0.209 e. The van der Waals surface area contributed by atoms with Gasteiger partial charge in [-0.1, -0.05) is 18.2 Å². The second-order valence-electron chi connectivity index (χ2n) is 2.14. The molecule has 0 radical (unpaired) electrons. The van der Waals surface area contributed by atoms with Crippen molar-refractivity contribution in [2.75, 3.05) is 0 Å². The summed E-state index contributed by atoms with van der Waals surface area (Å²) in [7, 11) is 0. The molecule has 1 unspecified atom stereocenters. The summed E-state index contributed by atoms with van der Waals surface area (Å²) < 4.78 is 0. The number of hydrogen-bond acceptors (Lipinski definition) is 3. The maximum atomic E-state index is 10.9. The zero-order valence-electron chi connectivity index (χ0n) is 5.69. The molecule has 3 nitrogen and oxygen atoms in total. The van der Waals surface area contributed by atoms with E-state index in [0.29, 0.717) is 0 Å². The molecule has 3 heteroatoms. The number of aldehydes is 1. The summed E-state index contributed by atoms with van der Waals surface area (Å²) >= 11 is 0. The Kier molecular flexibility index (Phi) is 2.11. The summed E-state index contributed by atoms with van der Waals surface area (Å²) in [5.74, 6) is -1.89. The normalized spacial score (nSPS) is 21.8. The largest absolute Gasteiger partial charge is 0.295 e. The van der Waals surface area contributed by atoms with E-state index in [-0.39, 0.29) is 12.1 Å². The number of carbonyl (C=O) groups excluding carboxylic acids is 3. The van der Waals surface area contributed by atoms with Crippen molar-refractivity contribution in [1.29, 1.82) is 0 Å². The topological polar surface area (TPSA) is 51.2 Å². The first-order valence-electron chi connectivity index (χ1n) is 3.13. The summed E-state index contributed by atoms with van der Waals surface area (Å²) in [5.41, 5.74) is 0. The van der Waals surface area contributed by atoms with Crippen molar-refractivity contribution >= 4 is 17.9 Å². The Labute approximate surface area is 63.4 Å². The van der Waals surface area contributed by atoms with Gasteiger partial charge in [-0.15, -0.1) is 0 Å². The number of hydrogen-bond donors (Lipinski definition) is 0. The van der Waals surface area contributed by atoms with Gasteiger partial charge in [0.1, 0.15) is 5.92 Å². The van der Waals surface area contributed by atoms with Crippen molar-refractivity contribution in [2.24, 2.45) is 5.92 Å². The number of Topliss-reactive ketones (excluding diaryl/α,β-unsaturated/α-hetero) is 1. The molecule has 0 saturated heterocycles. The van der Waals surface area contributed by atoms with Crippen LogP contribution >= 0.6 is 0 Å². The fraction of sp³-hybridized carbons (Fsp3) is 0.125. The van der Waals surface area contributed by atoms with Gasteiger partial charge in [-0.05, 0) is 6.08 Å². The van der Waals surface area contributed by atoms with Gasteiger partial charge in [-0.25, -0.2) is 0 Å². The molecule has 0 fully saturated rings. The third kappa shape index (κ3) is 1.49. The van der Waals surface area contributed by atoms with E-state index in [1.54, 1.807) is 6.08 Å². The van der Waals surface area contributed by atoms with E-state index in [1.165, 1.54) is 18.2 Å². The first-order chi connectivity index (χ1) is 5.25. The van der Waals surface area contributed by atoms with E-state index in [0.717, 1.165) is 0 Å². The molecule has 0 amide bonds. The quantitative estimate of drug-likeness (QED) is 0.318. The summed E-state index contributed by atoms with van der Waals surface area (Å²) in [6.45, 7) is 0. The smallest absolute Gasteiger partial charge is 0.209 e. The Bertz CT molecular complexity index is 253. The van der Waals surface area contributed by atoms with E-state index in [1.807, 2.05) is 0 Å². The number of ketones is 2. The predicted octanol–water partition coefficient (Wildman–Crippen LogP) is 0.0657.